The van der Waals surface area contributed by atoms with E-state index < -0.39 is 0 Å². The molecule has 0 aromatic carbocycles. The highest BCUT2D eigenvalue weighted by Gasteiger charge is 1.90. The van der Waals surface area contributed by atoms with Crippen LogP contribution in [0.4, 0.5) is 4.70 Å². The topological polar surface area (TPSA) is 26.0 Å². The second kappa shape index (κ2) is 15.4. The van der Waals surface area contributed by atoms with Crippen molar-refractivity contribution in [2.24, 2.45) is 5.73 Å². The van der Waals surface area contributed by atoms with Gasteiger partial charge in [0.2, 0.25) is 0 Å². The highest BCUT2D eigenvalue weighted by Crippen LogP contribution is 2.09. The van der Waals surface area contributed by atoms with E-state index in [1.165, 1.54) is 64.2 Å². The molecule has 0 aromatic heterocycles. The molecule has 0 unspecified atom stereocenters. The van der Waals surface area contributed by atoms with Crippen molar-refractivity contribution in [1.82, 2.24) is 0 Å². The molecule has 0 bridgehead atoms. The van der Waals surface area contributed by atoms with Crippen LogP contribution in [0.2, 0.25) is 0 Å². The largest absolute Gasteiger partial charge is 0.330 e. The van der Waals surface area contributed by atoms with Gasteiger partial charge in [-0.25, -0.2) is 0 Å². The number of hydrogen-bond donors (Lipinski definition) is 1. The van der Waals surface area contributed by atoms with Gasteiger partial charge in [-0.1, -0.05) is 64.7 Å². The molecule has 0 aliphatic rings. The fourth-order valence-corrected chi connectivity index (χ4v) is 1.63. The summed E-state index contributed by atoms with van der Waals surface area (Å²) in [6.45, 7) is 3.14. The average Bonchev–Trinajstić information content (AvgIpc) is 2.16. The quantitative estimate of drug-likeness (QED) is 0.536. The Morgan fingerprint density at radius 1 is 0.643 bits per heavy atom. The van der Waals surface area contributed by atoms with E-state index in [4.69, 9.17) is 5.73 Å². The van der Waals surface area contributed by atoms with Gasteiger partial charge in [-0.3, -0.25) is 4.70 Å². The number of nitrogens with two attached hydrogens (primary N) is 1. The predicted molar refractivity (Wildman–Crippen MR) is 63.4 cm³/mol. The monoisotopic (exact) mass is 205 g/mol. The van der Waals surface area contributed by atoms with Crippen LogP contribution in [0.1, 0.15) is 71.1 Å². The molecular formula is C12H28FN. The van der Waals surface area contributed by atoms with Crippen molar-refractivity contribution in [3.8, 4) is 0 Å². The molecule has 14 heavy (non-hydrogen) atoms. The standard InChI is InChI=1S/C12H27N.FH/c1-2-3-4-5-6-7-8-9-10-11-12-13;/h2-13H2,1H3;1H. The minimum absolute atomic E-state index is 0. The van der Waals surface area contributed by atoms with E-state index in [9.17, 15) is 0 Å². The number of unbranched alkanes of at least 4 members (excludes halogenated alkanes) is 9. The van der Waals surface area contributed by atoms with Gasteiger partial charge in [-0.15, -0.1) is 0 Å². The molecule has 0 saturated heterocycles. The van der Waals surface area contributed by atoms with Crippen molar-refractivity contribution in [3.05, 3.63) is 0 Å². The van der Waals surface area contributed by atoms with Gasteiger partial charge in [0.15, 0.2) is 0 Å². The maximum absolute atomic E-state index is 5.42. The zero-order valence-electron chi connectivity index (χ0n) is 9.76. The van der Waals surface area contributed by atoms with Crippen LogP contribution >= 0.6 is 0 Å². The average molecular weight is 205 g/mol. The van der Waals surface area contributed by atoms with Crippen LogP contribution in [0.25, 0.3) is 0 Å². The second-order valence-corrected chi connectivity index (χ2v) is 3.97. The van der Waals surface area contributed by atoms with Crippen molar-refractivity contribution in [1.29, 1.82) is 0 Å². The Balaban J connectivity index is 0. The first-order valence-electron chi connectivity index (χ1n) is 6.12. The summed E-state index contributed by atoms with van der Waals surface area (Å²) >= 11 is 0. The third-order valence-corrected chi connectivity index (χ3v) is 2.56. The van der Waals surface area contributed by atoms with Gasteiger partial charge in [0.05, 0.1) is 0 Å². The third-order valence-electron chi connectivity index (χ3n) is 2.56. The fraction of sp³-hybridized carbons (Fsp3) is 1.00. The van der Waals surface area contributed by atoms with Gasteiger partial charge in [0, 0.05) is 0 Å². The normalized spacial score (nSPS) is 9.86. The van der Waals surface area contributed by atoms with E-state index in [1.54, 1.807) is 0 Å². The molecule has 0 rings (SSSR count). The van der Waals surface area contributed by atoms with Crippen molar-refractivity contribution >= 4 is 0 Å². The smallest absolute Gasteiger partial charge is 0.00773 e. The van der Waals surface area contributed by atoms with E-state index in [1.807, 2.05) is 0 Å². The maximum Gasteiger partial charge on any atom is -0.00773 e. The number of halogens is 1. The minimum atomic E-state index is 0. The first-order chi connectivity index (χ1) is 6.41. The highest BCUT2D eigenvalue weighted by atomic mass is 19.0. The summed E-state index contributed by atoms with van der Waals surface area (Å²) in [4.78, 5) is 0. The van der Waals surface area contributed by atoms with Crippen LogP contribution in [-0.2, 0) is 0 Å². The molecule has 2 heteroatoms. The van der Waals surface area contributed by atoms with Crippen LogP contribution in [0.3, 0.4) is 0 Å². The lowest BCUT2D eigenvalue weighted by Crippen LogP contribution is -1.97. The Morgan fingerprint density at radius 3 is 1.36 bits per heavy atom. The van der Waals surface area contributed by atoms with Crippen molar-refractivity contribution < 1.29 is 4.70 Å². The lowest BCUT2D eigenvalue weighted by Gasteiger charge is -2.00. The molecule has 88 valence electrons. The van der Waals surface area contributed by atoms with Gasteiger partial charge >= 0.3 is 0 Å². The molecule has 0 spiro atoms. The number of hydrogen-bond acceptors (Lipinski definition) is 1. The fourth-order valence-electron chi connectivity index (χ4n) is 1.63. The molecule has 1 nitrogen and oxygen atoms in total. The summed E-state index contributed by atoms with van der Waals surface area (Å²) in [5, 5.41) is 0. The van der Waals surface area contributed by atoms with Gasteiger partial charge in [0.25, 0.3) is 0 Å². The highest BCUT2D eigenvalue weighted by molar-refractivity contribution is 4.47. The Kier molecular flexibility index (Phi) is 17.9. The summed E-state index contributed by atoms with van der Waals surface area (Å²) in [5.41, 5.74) is 5.42. The molecule has 0 fully saturated rings. The molecule has 0 radical (unpaired) electrons. The molecule has 0 amide bonds. The van der Waals surface area contributed by atoms with Crippen LogP contribution in [-0.4, -0.2) is 6.54 Å². The minimum Gasteiger partial charge on any atom is -0.330 e. The summed E-state index contributed by atoms with van der Waals surface area (Å²) < 4.78 is 0. The van der Waals surface area contributed by atoms with Gasteiger partial charge in [-0.05, 0) is 13.0 Å². The molecule has 0 atom stereocenters. The van der Waals surface area contributed by atoms with E-state index in [0.717, 1.165) is 6.54 Å². The molecular weight excluding hydrogens is 177 g/mol. The number of rotatable bonds is 10. The zero-order valence-corrected chi connectivity index (χ0v) is 9.76. The van der Waals surface area contributed by atoms with Gasteiger partial charge in [0.1, 0.15) is 0 Å². The van der Waals surface area contributed by atoms with Crippen molar-refractivity contribution in [2.45, 2.75) is 71.1 Å². The third kappa shape index (κ3) is 14.4. The Morgan fingerprint density at radius 2 is 1.00 bits per heavy atom. The Hall–Kier alpha value is -0.110. The SMILES string of the molecule is CCCCCCCCCCCCN.F. The first kappa shape index (κ1) is 16.3. The molecule has 0 saturated carbocycles. The maximum atomic E-state index is 5.42. The van der Waals surface area contributed by atoms with Crippen molar-refractivity contribution in [2.75, 3.05) is 6.54 Å². The van der Waals surface area contributed by atoms with Gasteiger partial charge < -0.3 is 5.73 Å². The Labute approximate surface area is 88.8 Å². The van der Waals surface area contributed by atoms with Crippen LogP contribution in [0, 0.1) is 0 Å². The zero-order chi connectivity index (χ0) is 9.78. The lowest BCUT2D eigenvalue weighted by atomic mass is 10.1. The van der Waals surface area contributed by atoms with Crippen LogP contribution < -0.4 is 5.73 Å². The van der Waals surface area contributed by atoms with Crippen LogP contribution in [0.5, 0.6) is 0 Å². The first-order valence-corrected chi connectivity index (χ1v) is 6.12. The van der Waals surface area contributed by atoms with E-state index in [0.29, 0.717) is 0 Å². The molecule has 0 aromatic rings. The van der Waals surface area contributed by atoms with E-state index in [-0.39, 0.29) is 4.70 Å². The molecule has 0 aliphatic carbocycles. The molecule has 2 N–H and O–H groups in total. The van der Waals surface area contributed by atoms with Crippen molar-refractivity contribution in [3.63, 3.8) is 0 Å². The summed E-state index contributed by atoms with van der Waals surface area (Å²) in [6, 6.07) is 0. The molecule has 0 aliphatic heterocycles. The summed E-state index contributed by atoms with van der Waals surface area (Å²) in [7, 11) is 0. The van der Waals surface area contributed by atoms with Gasteiger partial charge in [-0.2, -0.15) is 0 Å². The summed E-state index contributed by atoms with van der Waals surface area (Å²) in [6.07, 6.45) is 13.9. The second-order valence-electron chi connectivity index (χ2n) is 3.97. The molecule has 0 heterocycles. The lowest BCUT2D eigenvalue weighted by molar-refractivity contribution is 0.558. The summed E-state index contributed by atoms with van der Waals surface area (Å²) in [5.74, 6) is 0. The van der Waals surface area contributed by atoms with Crippen LogP contribution in [0.15, 0.2) is 0 Å². The van der Waals surface area contributed by atoms with E-state index in [2.05, 4.69) is 6.92 Å². The predicted octanol–water partition coefficient (Wildman–Crippen LogP) is 4.02. The Bertz CT molecular complexity index is 76.4. The van der Waals surface area contributed by atoms with E-state index >= 15 is 0 Å².